The lowest BCUT2D eigenvalue weighted by atomic mass is 10.1. The van der Waals surface area contributed by atoms with Crippen LogP contribution in [0.4, 0.5) is 0 Å². The summed E-state index contributed by atoms with van der Waals surface area (Å²) in [6.07, 6.45) is 6.28. The van der Waals surface area contributed by atoms with Crippen LogP contribution < -0.4 is 0 Å². The van der Waals surface area contributed by atoms with E-state index in [1.807, 2.05) is 0 Å². The molecule has 0 saturated heterocycles. The van der Waals surface area contributed by atoms with Crippen molar-refractivity contribution in [1.82, 2.24) is 15.2 Å². The van der Waals surface area contributed by atoms with Crippen LogP contribution in [0.5, 0.6) is 0 Å². The molecule has 0 saturated carbocycles. The van der Waals surface area contributed by atoms with Crippen LogP contribution in [0.15, 0.2) is 63.3 Å². The van der Waals surface area contributed by atoms with Crippen LogP contribution >= 0.6 is 34.7 Å². The molecule has 9 heteroatoms. The second-order valence-electron chi connectivity index (χ2n) is 5.13. The average molecular weight is 404 g/mol. The molecule has 0 N–H and O–H groups in total. The smallest absolute Gasteiger partial charge is 0.210 e. The van der Waals surface area contributed by atoms with E-state index in [2.05, 4.69) is 15.2 Å². The molecule has 4 rings (SSSR count). The third kappa shape index (κ3) is 3.57. The molecule has 0 fully saturated rings. The van der Waals surface area contributed by atoms with Crippen LogP contribution in [0.25, 0.3) is 22.5 Å². The zero-order valence-electron chi connectivity index (χ0n) is 13.1. The lowest BCUT2D eigenvalue weighted by Crippen LogP contribution is -2.03. The molecule has 4 aromatic rings. The normalized spacial score (nSPS) is 11.0. The molecule has 0 radical (unpaired) electrons. The van der Waals surface area contributed by atoms with Gasteiger partial charge < -0.3 is 8.83 Å². The number of halogens is 1. The number of hydrogen-bond donors (Lipinski definition) is 0. The van der Waals surface area contributed by atoms with Gasteiger partial charge in [-0.2, -0.15) is 0 Å². The summed E-state index contributed by atoms with van der Waals surface area (Å²) in [4.78, 5) is 17.4. The van der Waals surface area contributed by atoms with Crippen LogP contribution in [0.3, 0.4) is 0 Å². The highest BCUT2D eigenvalue weighted by Gasteiger charge is 2.17. The van der Waals surface area contributed by atoms with Gasteiger partial charge in [0.2, 0.25) is 5.16 Å². The number of carbonyl (C=O) groups excluding carboxylic acids is 1. The first kappa shape index (κ1) is 17.0. The van der Waals surface area contributed by atoms with Gasteiger partial charge in [0.1, 0.15) is 11.4 Å². The van der Waals surface area contributed by atoms with Gasteiger partial charge >= 0.3 is 0 Å². The maximum Gasteiger partial charge on any atom is 0.210 e. The molecule has 130 valence electrons. The monoisotopic (exact) mass is 403 g/mol. The third-order valence-corrected chi connectivity index (χ3v) is 5.55. The SMILES string of the molecule is O=C(CSc1nnc(-c2ccoc2)c(-c2ccoc2)n1)c1ccc(Cl)s1. The van der Waals surface area contributed by atoms with E-state index in [4.69, 9.17) is 20.4 Å². The zero-order chi connectivity index (χ0) is 17.9. The van der Waals surface area contributed by atoms with E-state index >= 15 is 0 Å². The summed E-state index contributed by atoms with van der Waals surface area (Å²) in [5.41, 5.74) is 2.74. The zero-order valence-corrected chi connectivity index (χ0v) is 15.5. The Labute approximate surface area is 161 Å². The van der Waals surface area contributed by atoms with Crippen molar-refractivity contribution in [2.75, 3.05) is 5.75 Å². The van der Waals surface area contributed by atoms with Gasteiger partial charge in [-0.05, 0) is 24.3 Å². The maximum absolute atomic E-state index is 12.2. The van der Waals surface area contributed by atoms with Gasteiger partial charge in [-0.15, -0.1) is 21.5 Å². The van der Waals surface area contributed by atoms with Gasteiger partial charge in [-0.1, -0.05) is 23.4 Å². The second-order valence-corrected chi connectivity index (χ2v) is 7.79. The van der Waals surface area contributed by atoms with Crippen molar-refractivity contribution < 1.29 is 13.6 Å². The molecule has 26 heavy (non-hydrogen) atoms. The van der Waals surface area contributed by atoms with Crippen LogP contribution in [0.2, 0.25) is 4.34 Å². The fraction of sp³-hybridized carbons (Fsp3) is 0.0588. The summed E-state index contributed by atoms with van der Waals surface area (Å²) in [5.74, 6) is 0.174. The largest absolute Gasteiger partial charge is 0.472 e. The van der Waals surface area contributed by atoms with Crippen molar-refractivity contribution in [1.29, 1.82) is 0 Å². The number of thiophene rings is 1. The maximum atomic E-state index is 12.2. The van der Waals surface area contributed by atoms with E-state index in [0.29, 0.717) is 25.8 Å². The molecule has 0 aliphatic heterocycles. The molecular formula is C17H10ClN3O3S2. The molecule has 0 spiro atoms. The molecule has 4 heterocycles. The summed E-state index contributed by atoms with van der Waals surface area (Å²) in [6.45, 7) is 0. The first-order chi connectivity index (χ1) is 12.7. The van der Waals surface area contributed by atoms with Gasteiger partial charge in [-0.25, -0.2) is 4.98 Å². The van der Waals surface area contributed by atoms with Gasteiger partial charge in [-0.3, -0.25) is 4.79 Å². The Kier molecular flexibility index (Phi) is 4.87. The van der Waals surface area contributed by atoms with Crippen molar-refractivity contribution in [3.8, 4) is 22.5 Å². The molecule has 0 bridgehead atoms. The molecule has 0 aliphatic carbocycles. The molecule has 6 nitrogen and oxygen atoms in total. The summed E-state index contributed by atoms with van der Waals surface area (Å²) in [5, 5.41) is 8.80. The minimum absolute atomic E-state index is 0.0285. The topological polar surface area (TPSA) is 82.0 Å². The van der Waals surface area contributed by atoms with Crippen LogP contribution in [0.1, 0.15) is 9.67 Å². The van der Waals surface area contributed by atoms with E-state index in [1.54, 1.807) is 49.3 Å². The second kappa shape index (κ2) is 7.45. The summed E-state index contributed by atoms with van der Waals surface area (Å²) in [7, 11) is 0. The van der Waals surface area contributed by atoms with Gasteiger partial charge in [0.15, 0.2) is 5.78 Å². The van der Waals surface area contributed by atoms with E-state index in [9.17, 15) is 4.79 Å². The van der Waals surface area contributed by atoms with Crippen LogP contribution in [0, 0.1) is 0 Å². The predicted molar refractivity (Wildman–Crippen MR) is 99.6 cm³/mol. The van der Waals surface area contributed by atoms with Crippen molar-refractivity contribution >= 4 is 40.5 Å². The van der Waals surface area contributed by atoms with Gasteiger partial charge in [0.05, 0.1) is 40.0 Å². The first-order valence-corrected chi connectivity index (χ1v) is 9.60. The Balaban J connectivity index is 1.60. The third-order valence-electron chi connectivity index (χ3n) is 3.44. The van der Waals surface area contributed by atoms with Crippen molar-refractivity contribution in [2.45, 2.75) is 5.16 Å². The molecule has 4 aromatic heterocycles. The number of rotatable bonds is 6. The lowest BCUT2D eigenvalue weighted by molar-refractivity contribution is 0.102. The summed E-state index contributed by atoms with van der Waals surface area (Å²) in [6, 6.07) is 7.00. The fourth-order valence-electron chi connectivity index (χ4n) is 2.23. The van der Waals surface area contributed by atoms with Crippen molar-refractivity contribution in [2.24, 2.45) is 0 Å². The molecule has 0 aromatic carbocycles. The quantitative estimate of drug-likeness (QED) is 0.328. The van der Waals surface area contributed by atoms with Gasteiger partial charge in [0.25, 0.3) is 0 Å². The number of furan rings is 2. The Morgan fingerprint density at radius 1 is 1.04 bits per heavy atom. The van der Waals surface area contributed by atoms with E-state index in [0.717, 1.165) is 11.1 Å². The summed E-state index contributed by atoms with van der Waals surface area (Å²) < 4.78 is 10.9. The molecular weight excluding hydrogens is 394 g/mol. The average Bonchev–Trinajstić information content (AvgIpc) is 3.40. The first-order valence-electron chi connectivity index (χ1n) is 7.42. The highest BCUT2D eigenvalue weighted by atomic mass is 35.5. The van der Waals surface area contributed by atoms with Crippen molar-refractivity contribution in [3.63, 3.8) is 0 Å². The number of hydrogen-bond acceptors (Lipinski definition) is 8. The number of nitrogens with zero attached hydrogens (tertiary/aromatic N) is 3. The molecule has 0 aliphatic rings. The molecule has 0 atom stereocenters. The number of thioether (sulfide) groups is 1. The van der Waals surface area contributed by atoms with Crippen LogP contribution in [-0.2, 0) is 0 Å². The number of carbonyl (C=O) groups is 1. The van der Waals surface area contributed by atoms with Crippen LogP contribution in [-0.4, -0.2) is 26.7 Å². The number of Topliss-reactive ketones (excluding diaryl/α,β-unsaturated/α-hetero) is 1. The Hall–Kier alpha value is -2.42. The highest BCUT2D eigenvalue weighted by Crippen LogP contribution is 2.31. The lowest BCUT2D eigenvalue weighted by Gasteiger charge is -2.05. The number of aromatic nitrogens is 3. The Morgan fingerprint density at radius 2 is 1.77 bits per heavy atom. The van der Waals surface area contributed by atoms with E-state index < -0.39 is 0 Å². The Bertz CT molecular complexity index is 1030. The van der Waals surface area contributed by atoms with Crippen molar-refractivity contribution in [3.05, 3.63) is 58.5 Å². The minimum atomic E-state index is -0.0285. The highest BCUT2D eigenvalue weighted by molar-refractivity contribution is 7.99. The predicted octanol–water partition coefficient (Wildman–Crippen LogP) is 5.08. The number of ketones is 1. The molecule has 0 amide bonds. The molecule has 0 unspecified atom stereocenters. The van der Waals surface area contributed by atoms with E-state index in [1.165, 1.54) is 23.1 Å². The van der Waals surface area contributed by atoms with E-state index in [-0.39, 0.29) is 11.5 Å². The van der Waals surface area contributed by atoms with Gasteiger partial charge in [0, 0.05) is 11.1 Å². The minimum Gasteiger partial charge on any atom is -0.472 e. The Morgan fingerprint density at radius 3 is 2.38 bits per heavy atom. The summed E-state index contributed by atoms with van der Waals surface area (Å²) >= 11 is 8.36. The fourth-order valence-corrected chi connectivity index (χ4v) is 3.97. The standard InChI is InChI=1S/C17H10ClN3O3S2/c18-14-2-1-13(26-14)12(22)9-25-17-19-15(10-3-5-23-7-10)16(20-21-17)11-4-6-24-8-11/h1-8H,9H2.